The normalized spacial score (nSPS) is 13.2. The highest BCUT2D eigenvalue weighted by Gasteiger charge is 2.33. The molecule has 0 fully saturated rings. The maximum atomic E-state index is 15.0. The van der Waals surface area contributed by atoms with E-state index >= 15 is 4.39 Å². The van der Waals surface area contributed by atoms with Crippen molar-refractivity contribution in [1.29, 1.82) is 0 Å². The third kappa shape index (κ3) is 13.2. The molecule has 0 saturated heterocycles. The van der Waals surface area contributed by atoms with Crippen LogP contribution in [0.2, 0.25) is 0 Å². The van der Waals surface area contributed by atoms with E-state index in [0.29, 0.717) is 5.69 Å². The fourth-order valence-electron chi connectivity index (χ4n) is 3.43. The summed E-state index contributed by atoms with van der Waals surface area (Å²) in [5.41, 5.74) is -0.497. The zero-order valence-corrected chi connectivity index (χ0v) is 24.0. The number of nitrogens with one attached hydrogen (secondary N) is 2. The van der Waals surface area contributed by atoms with Gasteiger partial charge in [0.1, 0.15) is 11.6 Å². The molecule has 0 radical (unpaired) electrons. The molecule has 0 aliphatic rings. The molecule has 2 amide bonds. The standard InChI is InChI=1S/C27H44FN2O6P/c1-7-10-11-12-13-14-15-21-16-18-22(19-17-21)29-25(31)23(30-26(32)36-27(4,5)6)20-24(28)37(33,34-8-2)35-9-3/h16-20,23H,7-15H2,1-6H3,(H,29,31)(H,30,32)/b24-20+/t23-/m0/s1. The van der Waals surface area contributed by atoms with E-state index in [1.807, 2.05) is 12.1 Å². The maximum absolute atomic E-state index is 15.0. The fourth-order valence-corrected chi connectivity index (χ4v) is 4.76. The molecule has 0 aromatic heterocycles. The summed E-state index contributed by atoms with van der Waals surface area (Å²) >= 11 is 0. The Balaban J connectivity index is 2.96. The number of carbonyl (C=O) groups is 2. The van der Waals surface area contributed by atoms with Gasteiger partial charge in [0, 0.05) is 5.69 Å². The first-order chi connectivity index (χ1) is 17.4. The molecular formula is C27H44FN2O6P. The molecule has 0 heterocycles. The average molecular weight is 543 g/mol. The number of benzene rings is 1. The maximum Gasteiger partial charge on any atom is 0.408 e. The van der Waals surface area contributed by atoms with Gasteiger partial charge < -0.3 is 24.4 Å². The number of anilines is 1. The lowest BCUT2D eigenvalue weighted by atomic mass is 10.0. The van der Waals surface area contributed by atoms with Crippen LogP contribution in [0, 0.1) is 0 Å². The predicted octanol–water partition coefficient (Wildman–Crippen LogP) is 7.50. The molecule has 1 aromatic carbocycles. The summed E-state index contributed by atoms with van der Waals surface area (Å²) in [5.74, 6) is -0.746. The first-order valence-electron chi connectivity index (χ1n) is 13.1. The molecule has 0 saturated carbocycles. The Kier molecular flexibility index (Phi) is 14.7. The molecule has 0 bridgehead atoms. The third-order valence-corrected chi connectivity index (χ3v) is 7.03. The van der Waals surface area contributed by atoms with Crippen LogP contribution in [0.25, 0.3) is 0 Å². The Morgan fingerprint density at radius 2 is 1.54 bits per heavy atom. The molecule has 37 heavy (non-hydrogen) atoms. The van der Waals surface area contributed by atoms with Crippen LogP contribution in [0.4, 0.5) is 14.9 Å². The quantitative estimate of drug-likeness (QED) is 0.166. The molecule has 1 rings (SSSR count). The first kappa shape index (κ1) is 32.8. The lowest BCUT2D eigenvalue weighted by Gasteiger charge is -2.22. The van der Waals surface area contributed by atoms with Gasteiger partial charge >= 0.3 is 13.7 Å². The number of rotatable bonds is 16. The monoisotopic (exact) mass is 542 g/mol. The number of hydrogen-bond donors (Lipinski definition) is 2. The molecule has 1 aromatic rings. The van der Waals surface area contributed by atoms with E-state index in [-0.39, 0.29) is 13.2 Å². The smallest absolute Gasteiger partial charge is 0.408 e. The van der Waals surface area contributed by atoms with Crippen molar-refractivity contribution in [1.82, 2.24) is 5.32 Å². The van der Waals surface area contributed by atoms with Crippen LogP contribution in [0.15, 0.2) is 35.9 Å². The highest BCUT2D eigenvalue weighted by molar-refractivity contribution is 7.58. The molecule has 0 aliphatic heterocycles. The zero-order chi connectivity index (χ0) is 27.9. The van der Waals surface area contributed by atoms with E-state index in [1.165, 1.54) is 46.0 Å². The van der Waals surface area contributed by atoms with Crippen molar-refractivity contribution in [2.75, 3.05) is 18.5 Å². The van der Waals surface area contributed by atoms with Crippen molar-refractivity contribution in [3.8, 4) is 0 Å². The van der Waals surface area contributed by atoms with Gasteiger partial charge in [-0.3, -0.25) is 9.36 Å². The molecule has 0 aliphatic carbocycles. The minimum atomic E-state index is -4.28. The molecular weight excluding hydrogens is 498 g/mol. The van der Waals surface area contributed by atoms with Gasteiger partial charge in [-0.25, -0.2) is 4.79 Å². The lowest BCUT2D eigenvalue weighted by molar-refractivity contribution is -0.117. The van der Waals surface area contributed by atoms with Crippen LogP contribution in [-0.4, -0.2) is 36.9 Å². The number of unbranched alkanes of at least 4 members (excludes halogenated alkanes) is 5. The minimum absolute atomic E-state index is 0.0695. The lowest BCUT2D eigenvalue weighted by Crippen LogP contribution is -2.44. The SMILES string of the molecule is CCCCCCCCc1ccc(NC(=O)[C@H](/C=C(\F)P(=O)(OCC)OCC)NC(=O)OC(C)(C)C)cc1. The predicted molar refractivity (Wildman–Crippen MR) is 145 cm³/mol. The Morgan fingerprint density at radius 1 is 0.973 bits per heavy atom. The van der Waals surface area contributed by atoms with Crippen LogP contribution >= 0.6 is 7.60 Å². The van der Waals surface area contributed by atoms with Gasteiger partial charge in [-0.05, 0) is 71.2 Å². The van der Waals surface area contributed by atoms with Crippen molar-refractivity contribution in [3.63, 3.8) is 0 Å². The van der Waals surface area contributed by atoms with E-state index in [0.717, 1.165) is 24.5 Å². The van der Waals surface area contributed by atoms with Gasteiger partial charge in [-0.1, -0.05) is 51.2 Å². The summed E-state index contributed by atoms with van der Waals surface area (Å²) in [6.07, 6.45) is 8.00. The van der Waals surface area contributed by atoms with E-state index < -0.39 is 36.8 Å². The van der Waals surface area contributed by atoms with Crippen molar-refractivity contribution < 1.29 is 32.3 Å². The summed E-state index contributed by atoms with van der Waals surface area (Å²) in [6, 6.07) is 5.81. The van der Waals surface area contributed by atoms with Crippen LogP contribution in [0.3, 0.4) is 0 Å². The minimum Gasteiger partial charge on any atom is -0.444 e. The molecule has 210 valence electrons. The number of carbonyl (C=O) groups excluding carboxylic acids is 2. The average Bonchev–Trinajstić information content (AvgIpc) is 2.81. The summed E-state index contributed by atoms with van der Waals surface area (Å²) < 4.78 is 43.0. The van der Waals surface area contributed by atoms with E-state index in [2.05, 4.69) is 17.6 Å². The van der Waals surface area contributed by atoms with E-state index in [4.69, 9.17) is 13.8 Å². The van der Waals surface area contributed by atoms with Crippen molar-refractivity contribution in [2.24, 2.45) is 0 Å². The highest BCUT2D eigenvalue weighted by atomic mass is 31.2. The van der Waals surface area contributed by atoms with Gasteiger partial charge in [0.05, 0.1) is 13.2 Å². The number of ether oxygens (including phenoxy) is 1. The van der Waals surface area contributed by atoms with E-state index in [9.17, 15) is 14.2 Å². The summed E-state index contributed by atoms with van der Waals surface area (Å²) in [7, 11) is -4.28. The van der Waals surface area contributed by atoms with Gasteiger partial charge in [-0.2, -0.15) is 4.39 Å². The summed E-state index contributed by atoms with van der Waals surface area (Å²) in [5, 5.41) is 4.98. The Labute approximate surface area is 221 Å². The second-order valence-electron chi connectivity index (χ2n) is 9.65. The molecule has 2 N–H and O–H groups in total. The van der Waals surface area contributed by atoms with Gasteiger partial charge in [0.2, 0.25) is 5.57 Å². The van der Waals surface area contributed by atoms with E-state index in [1.54, 1.807) is 32.9 Å². The Hall–Kier alpha value is -2.22. The van der Waals surface area contributed by atoms with Crippen molar-refractivity contribution in [3.05, 3.63) is 41.5 Å². The highest BCUT2D eigenvalue weighted by Crippen LogP contribution is 2.56. The second kappa shape index (κ2) is 16.6. The fraction of sp³-hybridized carbons (Fsp3) is 0.630. The third-order valence-electron chi connectivity index (χ3n) is 5.16. The topological polar surface area (TPSA) is 103 Å². The van der Waals surface area contributed by atoms with Gasteiger partial charge in [0.15, 0.2) is 0 Å². The van der Waals surface area contributed by atoms with Crippen LogP contribution in [-0.2, 0) is 29.6 Å². The van der Waals surface area contributed by atoms with Crippen LogP contribution in [0.5, 0.6) is 0 Å². The van der Waals surface area contributed by atoms with Gasteiger partial charge in [0.25, 0.3) is 5.91 Å². The Bertz CT molecular complexity index is 904. The Morgan fingerprint density at radius 3 is 2.08 bits per heavy atom. The van der Waals surface area contributed by atoms with Crippen LogP contribution in [0.1, 0.15) is 85.6 Å². The molecule has 1 atom stereocenters. The second-order valence-corrected chi connectivity index (χ2v) is 11.6. The van der Waals surface area contributed by atoms with Crippen LogP contribution < -0.4 is 10.6 Å². The van der Waals surface area contributed by atoms with Crippen molar-refractivity contribution in [2.45, 2.75) is 98.1 Å². The number of halogens is 1. The largest absolute Gasteiger partial charge is 0.444 e. The number of aryl methyl sites for hydroxylation is 1. The van der Waals surface area contributed by atoms with Crippen molar-refractivity contribution >= 4 is 25.3 Å². The van der Waals surface area contributed by atoms with Gasteiger partial charge in [-0.15, -0.1) is 0 Å². The molecule has 0 spiro atoms. The molecule has 10 heteroatoms. The number of amides is 2. The zero-order valence-electron chi connectivity index (χ0n) is 23.1. The number of alkyl carbamates (subject to hydrolysis) is 1. The molecule has 8 nitrogen and oxygen atoms in total. The number of hydrogen-bond acceptors (Lipinski definition) is 6. The summed E-state index contributed by atoms with van der Waals surface area (Å²) in [4.78, 5) is 25.4. The summed E-state index contributed by atoms with van der Waals surface area (Å²) in [6.45, 7) is 10.1. The first-order valence-corrected chi connectivity index (χ1v) is 14.6. The molecule has 0 unspecified atom stereocenters.